The first kappa shape index (κ1) is 21.2. The molecular formula is C20H30O5. The number of aliphatic hydroxyl groups excluding tert-OH is 1. The van der Waals surface area contributed by atoms with Crippen LogP contribution >= 0.6 is 0 Å². The lowest BCUT2D eigenvalue weighted by molar-refractivity contribution is -0.143. The van der Waals surface area contributed by atoms with E-state index in [9.17, 15) is 14.7 Å². The highest BCUT2D eigenvalue weighted by atomic mass is 16.6. The second-order valence-corrected chi connectivity index (χ2v) is 8.28. The second kappa shape index (κ2) is 7.56. The van der Waals surface area contributed by atoms with E-state index in [4.69, 9.17) is 9.47 Å². The Morgan fingerprint density at radius 1 is 1.04 bits per heavy atom. The molecule has 1 unspecified atom stereocenters. The zero-order valence-electron chi connectivity index (χ0n) is 16.5. The zero-order valence-corrected chi connectivity index (χ0v) is 16.5. The van der Waals surface area contributed by atoms with Crippen molar-refractivity contribution >= 4 is 11.8 Å². The first-order chi connectivity index (χ1) is 11.3. The third-order valence-corrected chi connectivity index (χ3v) is 4.15. The third kappa shape index (κ3) is 4.82. The lowest BCUT2D eigenvalue weighted by Crippen LogP contribution is -2.25. The number of Topliss-reactive ketones (excluding diaryl/α,β-unsaturated/α-hetero) is 1. The summed E-state index contributed by atoms with van der Waals surface area (Å²) < 4.78 is 10.2. The Balaban J connectivity index is 3.67. The molecule has 0 amide bonds. The molecule has 25 heavy (non-hydrogen) atoms. The van der Waals surface area contributed by atoms with Gasteiger partial charge in [0.1, 0.15) is 11.7 Å². The number of ketones is 1. The number of rotatable bonds is 5. The van der Waals surface area contributed by atoms with Crippen LogP contribution in [0.4, 0.5) is 0 Å². The molecule has 0 spiro atoms. The maximum Gasteiger partial charge on any atom is 0.316 e. The predicted molar refractivity (Wildman–Crippen MR) is 97.1 cm³/mol. The van der Waals surface area contributed by atoms with Crippen LogP contribution in [0.15, 0.2) is 12.1 Å². The molecule has 0 fully saturated rings. The quantitative estimate of drug-likeness (QED) is 0.380. The molecule has 0 radical (unpaired) electrons. The molecule has 0 saturated heterocycles. The summed E-state index contributed by atoms with van der Waals surface area (Å²) in [6.07, 6.45) is 0. The van der Waals surface area contributed by atoms with Crippen molar-refractivity contribution in [1.29, 1.82) is 0 Å². The lowest BCUT2D eigenvalue weighted by Gasteiger charge is -2.30. The first-order valence-electron chi connectivity index (χ1n) is 8.39. The summed E-state index contributed by atoms with van der Waals surface area (Å²) in [6, 6.07) is 3.50. The van der Waals surface area contributed by atoms with Gasteiger partial charge in [0, 0.05) is 16.7 Å². The van der Waals surface area contributed by atoms with E-state index in [0.29, 0.717) is 11.3 Å². The number of carbonyl (C=O) groups is 2. The molecule has 0 aromatic heterocycles. The standard InChI is InChI=1S/C20H30O5/c1-12(18(23)24-8)16(22)13-9-14(19(2,3)4)17(25-11-21)15(10-13)20(5,6)7/h9-10,12,21H,11H2,1-8H3. The number of ether oxygens (including phenoxy) is 2. The topological polar surface area (TPSA) is 72.8 Å². The monoisotopic (exact) mass is 350 g/mol. The van der Waals surface area contributed by atoms with Crippen molar-refractivity contribution in [1.82, 2.24) is 0 Å². The maximum atomic E-state index is 12.8. The van der Waals surface area contributed by atoms with Crippen LogP contribution in [-0.2, 0) is 20.4 Å². The van der Waals surface area contributed by atoms with E-state index >= 15 is 0 Å². The number of methoxy groups -OCH3 is 1. The van der Waals surface area contributed by atoms with Gasteiger partial charge in [-0.3, -0.25) is 9.59 Å². The fraction of sp³-hybridized carbons (Fsp3) is 0.600. The van der Waals surface area contributed by atoms with Gasteiger partial charge >= 0.3 is 5.97 Å². The highest BCUT2D eigenvalue weighted by Crippen LogP contribution is 2.41. The molecule has 0 aliphatic rings. The Bertz CT molecular complexity index is 612. The first-order valence-corrected chi connectivity index (χ1v) is 8.39. The third-order valence-electron chi connectivity index (χ3n) is 4.15. The molecule has 0 saturated carbocycles. The molecule has 1 N–H and O–H groups in total. The van der Waals surface area contributed by atoms with Gasteiger partial charge in [-0.2, -0.15) is 0 Å². The Kier molecular flexibility index (Phi) is 6.40. The lowest BCUT2D eigenvalue weighted by atomic mass is 9.77. The number of esters is 1. The molecule has 1 aromatic rings. The molecule has 1 aromatic carbocycles. The van der Waals surface area contributed by atoms with Gasteiger partial charge in [-0.1, -0.05) is 41.5 Å². The number of carbonyl (C=O) groups excluding carboxylic acids is 2. The van der Waals surface area contributed by atoms with Crippen molar-refractivity contribution in [2.45, 2.75) is 59.3 Å². The summed E-state index contributed by atoms with van der Waals surface area (Å²) in [5.74, 6) is -1.14. The molecular weight excluding hydrogens is 320 g/mol. The highest BCUT2D eigenvalue weighted by Gasteiger charge is 2.31. The summed E-state index contributed by atoms with van der Waals surface area (Å²) in [7, 11) is 1.27. The molecule has 0 aliphatic heterocycles. The van der Waals surface area contributed by atoms with E-state index in [1.54, 1.807) is 19.1 Å². The summed E-state index contributed by atoms with van der Waals surface area (Å²) in [6.45, 7) is 13.2. The molecule has 0 bridgehead atoms. The van der Waals surface area contributed by atoms with Crippen LogP contribution in [0.1, 0.15) is 70.0 Å². The van der Waals surface area contributed by atoms with Crippen LogP contribution in [0.25, 0.3) is 0 Å². The highest BCUT2D eigenvalue weighted by molar-refractivity contribution is 6.08. The molecule has 1 atom stereocenters. The predicted octanol–water partition coefficient (Wildman–Crippen LogP) is 3.60. The van der Waals surface area contributed by atoms with Gasteiger partial charge in [0.25, 0.3) is 0 Å². The van der Waals surface area contributed by atoms with E-state index in [1.807, 2.05) is 41.5 Å². The van der Waals surface area contributed by atoms with Crippen molar-refractivity contribution in [2.24, 2.45) is 5.92 Å². The van der Waals surface area contributed by atoms with Gasteiger partial charge in [0.15, 0.2) is 12.6 Å². The molecule has 0 aliphatic carbocycles. The number of benzene rings is 1. The minimum Gasteiger partial charge on any atom is -0.468 e. The van der Waals surface area contributed by atoms with Crippen LogP contribution in [0.5, 0.6) is 5.75 Å². The van der Waals surface area contributed by atoms with Crippen LogP contribution in [-0.4, -0.2) is 30.8 Å². The largest absolute Gasteiger partial charge is 0.468 e. The molecule has 0 heterocycles. The normalized spacial score (nSPS) is 13.3. The van der Waals surface area contributed by atoms with E-state index in [1.165, 1.54) is 7.11 Å². The van der Waals surface area contributed by atoms with Crippen molar-refractivity contribution in [3.8, 4) is 5.75 Å². The Hall–Kier alpha value is -1.88. The summed E-state index contributed by atoms with van der Waals surface area (Å²) in [4.78, 5) is 24.5. The zero-order chi connectivity index (χ0) is 19.6. The van der Waals surface area contributed by atoms with Gasteiger partial charge in [-0.25, -0.2) is 0 Å². The fourth-order valence-corrected chi connectivity index (χ4v) is 2.64. The van der Waals surface area contributed by atoms with Crippen LogP contribution in [0.3, 0.4) is 0 Å². The Morgan fingerprint density at radius 3 is 1.80 bits per heavy atom. The summed E-state index contributed by atoms with van der Waals surface area (Å²) in [5, 5.41) is 9.32. The van der Waals surface area contributed by atoms with E-state index in [-0.39, 0.29) is 16.6 Å². The average molecular weight is 350 g/mol. The van der Waals surface area contributed by atoms with Gasteiger partial charge in [0.2, 0.25) is 0 Å². The minimum atomic E-state index is -0.879. The van der Waals surface area contributed by atoms with E-state index < -0.39 is 18.7 Å². The molecule has 5 heteroatoms. The Morgan fingerprint density at radius 2 is 1.48 bits per heavy atom. The maximum absolute atomic E-state index is 12.8. The summed E-state index contributed by atoms with van der Waals surface area (Å²) >= 11 is 0. The number of aliphatic hydroxyl groups is 1. The number of hydrogen-bond acceptors (Lipinski definition) is 5. The van der Waals surface area contributed by atoms with Crippen LogP contribution in [0.2, 0.25) is 0 Å². The fourth-order valence-electron chi connectivity index (χ4n) is 2.64. The van der Waals surface area contributed by atoms with Crippen LogP contribution in [0, 0.1) is 5.92 Å². The molecule has 140 valence electrons. The van der Waals surface area contributed by atoms with E-state index in [0.717, 1.165) is 11.1 Å². The second-order valence-electron chi connectivity index (χ2n) is 8.28. The van der Waals surface area contributed by atoms with Crippen LogP contribution < -0.4 is 4.74 Å². The number of hydrogen-bond donors (Lipinski definition) is 1. The van der Waals surface area contributed by atoms with Crippen molar-refractivity contribution < 1.29 is 24.2 Å². The van der Waals surface area contributed by atoms with Crippen molar-refractivity contribution in [3.05, 3.63) is 28.8 Å². The Labute approximate surface area is 150 Å². The van der Waals surface area contributed by atoms with Crippen molar-refractivity contribution in [2.75, 3.05) is 13.9 Å². The van der Waals surface area contributed by atoms with Crippen molar-refractivity contribution in [3.63, 3.8) is 0 Å². The van der Waals surface area contributed by atoms with E-state index in [2.05, 4.69) is 0 Å². The van der Waals surface area contributed by atoms with Gasteiger partial charge < -0.3 is 14.6 Å². The smallest absolute Gasteiger partial charge is 0.316 e. The molecule has 1 rings (SSSR count). The van der Waals surface area contributed by atoms with Gasteiger partial charge in [-0.05, 0) is 29.9 Å². The average Bonchev–Trinajstić information content (AvgIpc) is 2.50. The SMILES string of the molecule is COC(=O)C(C)C(=O)c1cc(C(C)(C)C)c(OCO)c(C(C)(C)C)c1. The van der Waals surface area contributed by atoms with Gasteiger partial charge in [0.05, 0.1) is 7.11 Å². The van der Waals surface area contributed by atoms with Gasteiger partial charge in [-0.15, -0.1) is 0 Å². The minimum absolute atomic E-state index is 0.293. The molecule has 5 nitrogen and oxygen atoms in total. The summed E-state index contributed by atoms with van der Waals surface area (Å²) in [5.41, 5.74) is 1.45.